The second kappa shape index (κ2) is 9.65. The van der Waals surface area contributed by atoms with E-state index in [2.05, 4.69) is 6.58 Å². The van der Waals surface area contributed by atoms with Crippen LogP contribution in [0.15, 0.2) is 60.9 Å². The summed E-state index contributed by atoms with van der Waals surface area (Å²) in [7, 11) is 0. The largest absolute Gasteiger partial charge is 0.457 e. The number of ether oxygens (including phenoxy) is 1. The molecule has 0 unspecified atom stereocenters. The van der Waals surface area contributed by atoms with Crippen LogP contribution in [0.25, 0.3) is 0 Å². The van der Waals surface area contributed by atoms with Crippen LogP contribution in [0.5, 0.6) is 5.75 Å². The van der Waals surface area contributed by atoms with Crippen molar-refractivity contribution in [3.05, 3.63) is 71.0 Å². The van der Waals surface area contributed by atoms with Crippen molar-refractivity contribution in [1.29, 1.82) is 0 Å². The van der Waals surface area contributed by atoms with Gasteiger partial charge in [-0.05, 0) is 31.2 Å². The predicted octanol–water partition coefficient (Wildman–Crippen LogP) is 4.65. The molecule has 0 aromatic heterocycles. The van der Waals surface area contributed by atoms with Gasteiger partial charge >= 0.3 is 0 Å². The lowest BCUT2D eigenvalue weighted by Gasteiger charge is -2.05. The van der Waals surface area contributed by atoms with Crippen molar-refractivity contribution in [2.75, 3.05) is 0 Å². The third-order valence-corrected chi connectivity index (χ3v) is 1.90. The molecule has 1 rings (SSSR count). The SMILES string of the molecule is C=C/C=C(\C=C/C)Oc1ccc([N+](=O)[O-])cc1.CC. The summed E-state index contributed by atoms with van der Waals surface area (Å²) in [6.45, 7) is 9.45. The molecule has 0 bridgehead atoms. The van der Waals surface area contributed by atoms with E-state index in [0.717, 1.165) is 0 Å². The predicted molar refractivity (Wildman–Crippen MR) is 78.2 cm³/mol. The molecular formula is C15H19NO3. The molecule has 1 aromatic rings. The van der Waals surface area contributed by atoms with Gasteiger partial charge in [0.2, 0.25) is 0 Å². The fraction of sp³-hybridized carbons (Fsp3) is 0.200. The van der Waals surface area contributed by atoms with Crippen LogP contribution < -0.4 is 4.74 Å². The third kappa shape index (κ3) is 6.21. The van der Waals surface area contributed by atoms with E-state index in [4.69, 9.17) is 4.74 Å². The number of rotatable bonds is 5. The highest BCUT2D eigenvalue weighted by Crippen LogP contribution is 2.19. The summed E-state index contributed by atoms with van der Waals surface area (Å²) in [5.74, 6) is 1.16. The van der Waals surface area contributed by atoms with Crippen molar-refractivity contribution in [3.8, 4) is 5.75 Å². The normalized spacial score (nSPS) is 10.6. The zero-order valence-corrected chi connectivity index (χ0v) is 11.5. The molecule has 19 heavy (non-hydrogen) atoms. The first-order chi connectivity index (χ1) is 9.17. The maximum atomic E-state index is 10.5. The molecule has 1 aromatic carbocycles. The van der Waals surface area contributed by atoms with Gasteiger partial charge < -0.3 is 4.74 Å². The van der Waals surface area contributed by atoms with Crippen molar-refractivity contribution in [2.24, 2.45) is 0 Å². The van der Waals surface area contributed by atoms with Crippen LogP contribution in [0.1, 0.15) is 20.8 Å². The molecule has 0 N–H and O–H groups in total. The van der Waals surface area contributed by atoms with Gasteiger partial charge in [-0.2, -0.15) is 0 Å². The molecule has 102 valence electrons. The fourth-order valence-electron chi connectivity index (χ4n) is 1.18. The standard InChI is InChI=1S/C13H13NO3.C2H6/c1-3-5-12(6-4-2)17-13-9-7-11(8-10-13)14(15)16;1-2/h3-10H,1H2,2H3;1-2H3/b6-4-,12-5+;. The molecule has 4 heteroatoms. The summed E-state index contributed by atoms with van der Waals surface area (Å²) in [4.78, 5) is 10.0. The first-order valence-electron chi connectivity index (χ1n) is 6.05. The first-order valence-corrected chi connectivity index (χ1v) is 6.05. The van der Waals surface area contributed by atoms with E-state index in [9.17, 15) is 10.1 Å². The number of benzene rings is 1. The number of nitrogens with zero attached hydrogens (tertiary/aromatic N) is 1. The van der Waals surface area contributed by atoms with Gasteiger partial charge in [-0.25, -0.2) is 0 Å². The Bertz CT molecular complexity index is 459. The Labute approximate surface area is 113 Å². The van der Waals surface area contributed by atoms with E-state index in [1.807, 2.05) is 26.8 Å². The van der Waals surface area contributed by atoms with Gasteiger partial charge in [-0.1, -0.05) is 32.6 Å². The van der Waals surface area contributed by atoms with E-state index >= 15 is 0 Å². The van der Waals surface area contributed by atoms with Crippen LogP contribution in [-0.4, -0.2) is 4.92 Å². The van der Waals surface area contributed by atoms with E-state index in [-0.39, 0.29) is 5.69 Å². The average molecular weight is 261 g/mol. The number of hydrogen-bond donors (Lipinski definition) is 0. The zero-order chi connectivity index (χ0) is 14.7. The molecule has 0 heterocycles. The van der Waals surface area contributed by atoms with Crippen LogP contribution in [-0.2, 0) is 0 Å². The van der Waals surface area contributed by atoms with Crippen molar-refractivity contribution in [2.45, 2.75) is 20.8 Å². The molecule has 0 saturated carbocycles. The van der Waals surface area contributed by atoms with Gasteiger partial charge in [0.15, 0.2) is 0 Å². The van der Waals surface area contributed by atoms with Gasteiger partial charge in [0, 0.05) is 12.1 Å². The maximum Gasteiger partial charge on any atom is 0.269 e. The lowest BCUT2D eigenvalue weighted by Crippen LogP contribution is -1.92. The van der Waals surface area contributed by atoms with E-state index in [0.29, 0.717) is 11.5 Å². The van der Waals surface area contributed by atoms with Crippen LogP contribution in [0.3, 0.4) is 0 Å². The van der Waals surface area contributed by atoms with Gasteiger partial charge in [-0.15, -0.1) is 0 Å². The first kappa shape index (κ1) is 16.6. The lowest BCUT2D eigenvalue weighted by atomic mass is 10.3. The molecule has 0 atom stereocenters. The Kier molecular flexibility index (Phi) is 8.45. The molecule has 4 nitrogen and oxygen atoms in total. The molecule has 0 aliphatic carbocycles. The summed E-state index contributed by atoms with van der Waals surface area (Å²) < 4.78 is 5.51. The Hall–Kier alpha value is -2.36. The van der Waals surface area contributed by atoms with Crippen molar-refractivity contribution in [3.63, 3.8) is 0 Å². The van der Waals surface area contributed by atoms with Crippen LogP contribution >= 0.6 is 0 Å². The number of non-ortho nitro benzene ring substituents is 1. The van der Waals surface area contributed by atoms with Crippen LogP contribution in [0.2, 0.25) is 0 Å². The van der Waals surface area contributed by atoms with E-state index in [1.54, 1.807) is 30.4 Å². The summed E-state index contributed by atoms with van der Waals surface area (Å²) in [5, 5.41) is 10.5. The second-order valence-corrected chi connectivity index (χ2v) is 3.16. The molecule has 0 radical (unpaired) electrons. The molecule has 0 aliphatic rings. The number of allylic oxidation sites excluding steroid dienone is 4. The van der Waals surface area contributed by atoms with Gasteiger partial charge in [0.25, 0.3) is 5.69 Å². The van der Waals surface area contributed by atoms with Gasteiger partial charge in [0.1, 0.15) is 11.5 Å². The topological polar surface area (TPSA) is 52.4 Å². The van der Waals surface area contributed by atoms with Crippen molar-refractivity contribution >= 4 is 5.69 Å². The van der Waals surface area contributed by atoms with Gasteiger partial charge in [0.05, 0.1) is 4.92 Å². The summed E-state index contributed by atoms with van der Waals surface area (Å²) in [5.41, 5.74) is 0.0395. The Morgan fingerprint density at radius 2 is 1.89 bits per heavy atom. The minimum absolute atomic E-state index is 0.0395. The molecule has 0 saturated heterocycles. The van der Waals surface area contributed by atoms with Crippen molar-refractivity contribution < 1.29 is 9.66 Å². The quantitative estimate of drug-likeness (QED) is 0.335. The highest BCUT2D eigenvalue weighted by Gasteiger charge is 2.04. The Morgan fingerprint density at radius 1 is 1.32 bits per heavy atom. The van der Waals surface area contributed by atoms with E-state index in [1.165, 1.54) is 12.1 Å². The van der Waals surface area contributed by atoms with Crippen molar-refractivity contribution in [1.82, 2.24) is 0 Å². The second-order valence-electron chi connectivity index (χ2n) is 3.16. The highest BCUT2D eigenvalue weighted by atomic mass is 16.6. The smallest absolute Gasteiger partial charge is 0.269 e. The Balaban J connectivity index is 0.00000154. The fourth-order valence-corrected chi connectivity index (χ4v) is 1.18. The number of nitro groups is 1. The minimum atomic E-state index is -0.448. The molecule has 0 spiro atoms. The molecule has 0 amide bonds. The number of hydrogen-bond acceptors (Lipinski definition) is 3. The van der Waals surface area contributed by atoms with Crippen LogP contribution in [0.4, 0.5) is 5.69 Å². The Morgan fingerprint density at radius 3 is 2.32 bits per heavy atom. The van der Waals surface area contributed by atoms with Crippen LogP contribution in [0, 0.1) is 10.1 Å². The summed E-state index contributed by atoms with van der Waals surface area (Å²) in [6.07, 6.45) is 6.94. The average Bonchev–Trinajstić information content (AvgIpc) is 2.42. The van der Waals surface area contributed by atoms with Gasteiger partial charge in [-0.3, -0.25) is 10.1 Å². The molecular weight excluding hydrogens is 242 g/mol. The molecule has 0 fully saturated rings. The number of nitro benzene ring substituents is 1. The monoisotopic (exact) mass is 261 g/mol. The summed E-state index contributed by atoms with van der Waals surface area (Å²) in [6, 6.07) is 5.91. The minimum Gasteiger partial charge on any atom is -0.457 e. The zero-order valence-electron chi connectivity index (χ0n) is 11.5. The third-order valence-electron chi connectivity index (χ3n) is 1.90. The molecule has 0 aliphatic heterocycles. The maximum absolute atomic E-state index is 10.5. The summed E-state index contributed by atoms with van der Waals surface area (Å²) >= 11 is 0. The van der Waals surface area contributed by atoms with E-state index < -0.39 is 4.92 Å². The lowest BCUT2D eigenvalue weighted by molar-refractivity contribution is -0.384. The highest BCUT2D eigenvalue weighted by molar-refractivity contribution is 5.37.